The highest BCUT2D eigenvalue weighted by molar-refractivity contribution is 7.99. The Bertz CT molecular complexity index is 566. The van der Waals surface area contributed by atoms with Crippen LogP contribution in [-0.2, 0) is 4.79 Å². The van der Waals surface area contributed by atoms with Gasteiger partial charge in [-0.2, -0.15) is 0 Å². The van der Waals surface area contributed by atoms with Crippen LogP contribution in [0.2, 0.25) is 0 Å². The molecule has 1 heterocycles. The van der Waals surface area contributed by atoms with E-state index in [4.69, 9.17) is 0 Å². The predicted octanol–water partition coefficient (Wildman–Crippen LogP) is 3.57. The first kappa shape index (κ1) is 15.4. The van der Waals surface area contributed by atoms with Gasteiger partial charge in [0.2, 0.25) is 5.91 Å². The first-order valence-corrected chi connectivity index (χ1v) is 9.08. The lowest BCUT2D eigenvalue weighted by molar-refractivity contribution is -0.115. The molecule has 1 aromatic rings. The SMILES string of the molecule is O=C1CCSc2ccc(C(=O)NC3CCCCCC3)cc2N1. The smallest absolute Gasteiger partial charge is 0.251 e. The van der Waals surface area contributed by atoms with Crippen LogP contribution in [0.4, 0.5) is 5.69 Å². The first-order valence-electron chi connectivity index (χ1n) is 8.10. The Morgan fingerprint density at radius 2 is 1.95 bits per heavy atom. The van der Waals surface area contributed by atoms with Gasteiger partial charge >= 0.3 is 0 Å². The van der Waals surface area contributed by atoms with Crippen LogP contribution in [0.1, 0.15) is 55.3 Å². The number of hydrogen-bond acceptors (Lipinski definition) is 3. The summed E-state index contributed by atoms with van der Waals surface area (Å²) in [6.07, 6.45) is 7.60. The highest BCUT2D eigenvalue weighted by Crippen LogP contribution is 2.31. The van der Waals surface area contributed by atoms with E-state index in [0.29, 0.717) is 12.0 Å². The van der Waals surface area contributed by atoms with Gasteiger partial charge in [-0.15, -0.1) is 11.8 Å². The number of thioether (sulfide) groups is 1. The normalized spacial score (nSPS) is 19.5. The van der Waals surface area contributed by atoms with Crippen LogP contribution >= 0.6 is 11.8 Å². The van der Waals surface area contributed by atoms with E-state index in [1.807, 2.05) is 12.1 Å². The summed E-state index contributed by atoms with van der Waals surface area (Å²) in [7, 11) is 0. The minimum atomic E-state index is -0.0294. The summed E-state index contributed by atoms with van der Waals surface area (Å²) in [5.74, 6) is 0.776. The van der Waals surface area contributed by atoms with Crippen molar-refractivity contribution in [3.05, 3.63) is 23.8 Å². The van der Waals surface area contributed by atoms with E-state index < -0.39 is 0 Å². The number of benzene rings is 1. The monoisotopic (exact) mass is 318 g/mol. The Kier molecular flexibility index (Phi) is 5.03. The third kappa shape index (κ3) is 3.83. The second-order valence-electron chi connectivity index (χ2n) is 6.02. The molecule has 0 unspecified atom stereocenters. The number of carbonyl (C=O) groups excluding carboxylic acids is 2. The molecule has 0 atom stereocenters. The zero-order valence-corrected chi connectivity index (χ0v) is 13.5. The largest absolute Gasteiger partial charge is 0.349 e. The molecule has 1 fully saturated rings. The van der Waals surface area contributed by atoms with Crippen LogP contribution < -0.4 is 10.6 Å². The van der Waals surface area contributed by atoms with E-state index in [0.717, 1.165) is 29.2 Å². The number of carbonyl (C=O) groups is 2. The summed E-state index contributed by atoms with van der Waals surface area (Å²) in [6, 6.07) is 5.89. The predicted molar refractivity (Wildman–Crippen MR) is 89.4 cm³/mol. The van der Waals surface area contributed by atoms with Crippen molar-refractivity contribution in [3.63, 3.8) is 0 Å². The number of anilines is 1. The molecule has 118 valence electrons. The molecule has 2 N–H and O–H groups in total. The van der Waals surface area contributed by atoms with Gasteiger partial charge in [0.15, 0.2) is 0 Å². The van der Waals surface area contributed by atoms with Crippen LogP contribution in [0.3, 0.4) is 0 Å². The number of nitrogens with one attached hydrogen (secondary N) is 2. The molecular formula is C17H22N2O2S. The van der Waals surface area contributed by atoms with Gasteiger partial charge < -0.3 is 10.6 Å². The zero-order valence-electron chi connectivity index (χ0n) is 12.7. The van der Waals surface area contributed by atoms with Crippen molar-refractivity contribution >= 4 is 29.3 Å². The maximum atomic E-state index is 12.4. The second kappa shape index (κ2) is 7.18. The molecule has 2 amide bonds. The van der Waals surface area contributed by atoms with Gasteiger partial charge in [-0.05, 0) is 31.0 Å². The van der Waals surface area contributed by atoms with Crippen LogP contribution in [0.25, 0.3) is 0 Å². The lowest BCUT2D eigenvalue weighted by Crippen LogP contribution is -2.34. The molecule has 1 aliphatic carbocycles. The molecule has 22 heavy (non-hydrogen) atoms. The summed E-state index contributed by atoms with van der Waals surface area (Å²) in [5.41, 5.74) is 1.40. The minimum Gasteiger partial charge on any atom is -0.349 e. The molecule has 0 spiro atoms. The average molecular weight is 318 g/mol. The summed E-state index contributed by atoms with van der Waals surface area (Å²) in [6.45, 7) is 0. The van der Waals surface area contributed by atoms with Gasteiger partial charge in [0.25, 0.3) is 5.91 Å². The fourth-order valence-corrected chi connectivity index (χ4v) is 3.99. The van der Waals surface area contributed by atoms with E-state index in [9.17, 15) is 9.59 Å². The fraction of sp³-hybridized carbons (Fsp3) is 0.529. The summed E-state index contributed by atoms with van der Waals surface area (Å²) in [5, 5.41) is 6.04. The molecule has 4 nitrogen and oxygen atoms in total. The Morgan fingerprint density at radius 3 is 2.73 bits per heavy atom. The molecule has 0 bridgehead atoms. The average Bonchev–Trinajstić information content (AvgIpc) is 2.86. The Morgan fingerprint density at radius 1 is 1.18 bits per heavy atom. The Balaban J connectivity index is 1.71. The van der Waals surface area contributed by atoms with Crippen LogP contribution in [-0.4, -0.2) is 23.6 Å². The number of hydrogen-bond donors (Lipinski definition) is 2. The van der Waals surface area contributed by atoms with Crippen LogP contribution in [0.15, 0.2) is 23.1 Å². The van der Waals surface area contributed by atoms with E-state index >= 15 is 0 Å². The van der Waals surface area contributed by atoms with Crippen molar-refractivity contribution in [2.24, 2.45) is 0 Å². The number of rotatable bonds is 2. The van der Waals surface area contributed by atoms with E-state index in [-0.39, 0.29) is 17.9 Å². The Hall–Kier alpha value is -1.49. The standard InChI is InChI=1S/C17H22N2O2S/c20-16-9-10-22-15-8-7-12(11-14(15)19-16)17(21)18-13-5-3-1-2-4-6-13/h7-8,11,13H,1-6,9-10H2,(H,18,21)(H,19,20). The third-order valence-corrected chi connectivity index (χ3v) is 5.37. The highest BCUT2D eigenvalue weighted by Gasteiger charge is 2.18. The van der Waals surface area contributed by atoms with E-state index in [1.165, 1.54) is 25.7 Å². The maximum Gasteiger partial charge on any atom is 0.251 e. The lowest BCUT2D eigenvalue weighted by atomic mass is 10.1. The zero-order chi connectivity index (χ0) is 15.4. The lowest BCUT2D eigenvalue weighted by Gasteiger charge is -2.17. The minimum absolute atomic E-state index is 0.0209. The van der Waals surface area contributed by atoms with Crippen LogP contribution in [0, 0.1) is 0 Å². The quantitative estimate of drug-likeness (QED) is 0.820. The van der Waals surface area contributed by atoms with Gasteiger partial charge in [0.1, 0.15) is 0 Å². The topological polar surface area (TPSA) is 58.2 Å². The molecule has 0 saturated heterocycles. The van der Waals surface area contributed by atoms with Gasteiger partial charge in [0.05, 0.1) is 5.69 Å². The van der Waals surface area contributed by atoms with E-state index in [1.54, 1.807) is 17.8 Å². The van der Waals surface area contributed by atoms with Crippen molar-refractivity contribution < 1.29 is 9.59 Å². The van der Waals surface area contributed by atoms with Crippen molar-refractivity contribution in [1.29, 1.82) is 0 Å². The second-order valence-corrected chi connectivity index (χ2v) is 7.16. The molecular weight excluding hydrogens is 296 g/mol. The summed E-state index contributed by atoms with van der Waals surface area (Å²) < 4.78 is 0. The molecule has 5 heteroatoms. The summed E-state index contributed by atoms with van der Waals surface area (Å²) in [4.78, 5) is 25.1. The number of amides is 2. The highest BCUT2D eigenvalue weighted by atomic mass is 32.2. The molecule has 0 aromatic heterocycles. The molecule has 1 saturated carbocycles. The fourth-order valence-electron chi connectivity index (χ4n) is 3.05. The molecule has 1 aromatic carbocycles. The van der Waals surface area contributed by atoms with Crippen molar-refractivity contribution in [3.8, 4) is 0 Å². The first-order chi connectivity index (χ1) is 10.7. The van der Waals surface area contributed by atoms with Gasteiger partial charge in [-0.3, -0.25) is 9.59 Å². The third-order valence-electron chi connectivity index (χ3n) is 4.29. The molecule has 1 aliphatic heterocycles. The molecule has 2 aliphatic rings. The van der Waals surface area contributed by atoms with Crippen LogP contribution in [0.5, 0.6) is 0 Å². The van der Waals surface area contributed by atoms with Crippen molar-refractivity contribution in [2.45, 2.75) is 55.9 Å². The number of fused-ring (bicyclic) bond motifs is 1. The van der Waals surface area contributed by atoms with Gasteiger partial charge in [-0.1, -0.05) is 25.7 Å². The molecule has 0 radical (unpaired) electrons. The Labute approximate surface area is 135 Å². The van der Waals surface area contributed by atoms with Gasteiger partial charge in [-0.25, -0.2) is 0 Å². The van der Waals surface area contributed by atoms with Gasteiger partial charge in [0, 0.05) is 28.7 Å². The summed E-state index contributed by atoms with van der Waals surface area (Å²) >= 11 is 1.66. The van der Waals surface area contributed by atoms with Crippen molar-refractivity contribution in [2.75, 3.05) is 11.1 Å². The molecule has 3 rings (SSSR count). The maximum absolute atomic E-state index is 12.4. The van der Waals surface area contributed by atoms with E-state index in [2.05, 4.69) is 10.6 Å². The van der Waals surface area contributed by atoms with Crippen molar-refractivity contribution in [1.82, 2.24) is 5.32 Å².